The summed E-state index contributed by atoms with van der Waals surface area (Å²) in [5.41, 5.74) is -0.406. The lowest BCUT2D eigenvalue weighted by molar-refractivity contribution is 0.0525. The van der Waals surface area contributed by atoms with Gasteiger partial charge in [0.05, 0.1) is 18.4 Å². The summed E-state index contributed by atoms with van der Waals surface area (Å²) < 4.78 is 19.7. The molecule has 0 unspecified atom stereocenters. The van der Waals surface area contributed by atoms with Gasteiger partial charge in [-0.15, -0.1) is 0 Å². The molecular formula is C12H10FN3O4. The van der Waals surface area contributed by atoms with E-state index in [1.165, 1.54) is 12.4 Å². The zero-order chi connectivity index (χ0) is 14.7. The van der Waals surface area contributed by atoms with Gasteiger partial charge in [-0.1, -0.05) is 0 Å². The first-order valence-electron chi connectivity index (χ1n) is 5.64. The van der Waals surface area contributed by atoms with Crippen molar-refractivity contribution in [2.24, 2.45) is 0 Å². The Hall–Kier alpha value is -2.77. The summed E-state index contributed by atoms with van der Waals surface area (Å²) in [7, 11) is 0. The largest absolute Gasteiger partial charge is 0.478 e. The van der Waals surface area contributed by atoms with Crippen LogP contribution in [0.3, 0.4) is 0 Å². The number of rotatable bonds is 4. The Balaban J connectivity index is 2.40. The van der Waals surface area contributed by atoms with Crippen LogP contribution in [-0.2, 0) is 4.74 Å². The van der Waals surface area contributed by atoms with Crippen LogP contribution in [0, 0.1) is 5.82 Å². The minimum atomic E-state index is -1.41. The number of carbonyl (C=O) groups is 2. The first-order valence-corrected chi connectivity index (χ1v) is 5.64. The van der Waals surface area contributed by atoms with Gasteiger partial charge < -0.3 is 9.84 Å². The van der Waals surface area contributed by atoms with Crippen molar-refractivity contribution in [2.75, 3.05) is 6.61 Å². The Labute approximate surface area is 112 Å². The minimum Gasteiger partial charge on any atom is -0.478 e. The summed E-state index contributed by atoms with van der Waals surface area (Å²) >= 11 is 0. The second kappa shape index (κ2) is 5.47. The van der Waals surface area contributed by atoms with Gasteiger partial charge in [-0.25, -0.2) is 23.6 Å². The third-order valence-electron chi connectivity index (χ3n) is 2.41. The molecular weight excluding hydrogens is 269 g/mol. The highest BCUT2D eigenvalue weighted by atomic mass is 19.1. The molecule has 104 valence electrons. The van der Waals surface area contributed by atoms with E-state index < -0.39 is 23.3 Å². The Kier molecular flexibility index (Phi) is 3.74. The SMILES string of the molecule is CCOC(=O)c1cnn(-c2nccc(C(=O)O)c2F)c1. The van der Waals surface area contributed by atoms with Crippen molar-refractivity contribution in [1.82, 2.24) is 14.8 Å². The molecule has 2 heterocycles. The minimum absolute atomic E-state index is 0.119. The van der Waals surface area contributed by atoms with Gasteiger partial charge in [-0.2, -0.15) is 5.10 Å². The fraction of sp³-hybridized carbons (Fsp3) is 0.167. The normalized spacial score (nSPS) is 10.3. The van der Waals surface area contributed by atoms with Crippen LogP contribution < -0.4 is 0 Å². The molecule has 8 heteroatoms. The molecule has 2 rings (SSSR count). The number of ether oxygens (including phenoxy) is 1. The summed E-state index contributed by atoms with van der Waals surface area (Å²) in [6, 6.07) is 1.04. The predicted molar refractivity (Wildman–Crippen MR) is 64.2 cm³/mol. The summed E-state index contributed by atoms with van der Waals surface area (Å²) in [6.07, 6.45) is 3.55. The van der Waals surface area contributed by atoms with Crippen LogP contribution in [0.1, 0.15) is 27.6 Å². The standard InChI is InChI=1S/C12H10FN3O4/c1-2-20-12(19)7-5-15-16(6-7)10-9(13)8(11(17)18)3-4-14-10/h3-6H,2H2,1H3,(H,17,18). The third kappa shape index (κ3) is 2.48. The van der Waals surface area contributed by atoms with Crippen LogP contribution in [0.4, 0.5) is 4.39 Å². The molecule has 0 aromatic carbocycles. The van der Waals surface area contributed by atoms with Gasteiger partial charge in [-0.3, -0.25) is 0 Å². The van der Waals surface area contributed by atoms with Crippen molar-refractivity contribution in [1.29, 1.82) is 0 Å². The monoisotopic (exact) mass is 279 g/mol. The van der Waals surface area contributed by atoms with E-state index >= 15 is 0 Å². The lowest BCUT2D eigenvalue weighted by Crippen LogP contribution is -2.08. The average molecular weight is 279 g/mol. The van der Waals surface area contributed by atoms with Crippen LogP contribution in [0.25, 0.3) is 5.82 Å². The maximum atomic E-state index is 13.9. The van der Waals surface area contributed by atoms with Crippen LogP contribution in [0.15, 0.2) is 24.7 Å². The number of carbonyl (C=O) groups excluding carboxylic acids is 1. The molecule has 0 bridgehead atoms. The smallest absolute Gasteiger partial charge is 0.341 e. The van der Waals surface area contributed by atoms with Gasteiger partial charge in [0, 0.05) is 12.4 Å². The highest BCUT2D eigenvalue weighted by Gasteiger charge is 2.18. The third-order valence-corrected chi connectivity index (χ3v) is 2.41. The number of aromatic nitrogens is 3. The molecule has 0 aliphatic rings. The van der Waals surface area contributed by atoms with Crippen LogP contribution in [0.2, 0.25) is 0 Å². The van der Waals surface area contributed by atoms with Crippen molar-refractivity contribution in [3.05, 3.63) is 41.6 Å². The van der Waals surface area contributed by atoms with Crippen LogP contribution >= 0.6 is 0 Å². The molecule has 2 aromatic rings. The summed E-state index contributed by atoms with van der Waals surface area (Å²) in [6.45, 7) is 1.85. The summed E-state index contributed by atoms with van der Waals surface area (Å²) in [5, 5.41) is 12.6. The van der Waals surface area contributed by atoms with Crippen molar-refractivity contribution in [3.8, 4) is 5.82 Å². The highest BCUT2D eigenvalue weighted by Crippen LogP contribution is 2.15. The molecule has 20 heavy (non-hydrogen) atoms. The van der Waals surface area contributed by atoms with E-state index in [-0.39, 0.29) is 18.0 Å². The number of halogens is 1. The van der Waals surface area contributed by atoms with Gasteiger partial charge in [0.2, 0.25) is 0 Å². The Morgan fingerprint density at radius 3 is 2.90 bits per heavy atom. The summed E-state index contributed by atoms with van der Waals surface area (Å²) in [4.78, 5) is 26.0. The average Bonchev–Trinajstić information content (AvgIpc) is 2.88. The van der Waals surface area contributed by atoms with Crippen molar-refractivity contribution in [3.63, 3.8) is 0 Å². The molecule has 0 amide bonds. The number of carboxylic acids is 1. The fourth-order valence-electron chi connectivity index (χ4n) is 1.52. The van der Waals surface area contributed by atoms with Crippen molar-refractivity contribution >= 4 is 11.9 Å². The van der Waals surface area contributed by atoms with E-state index in [2.05, 4.69) is 10.1 Å². The molecule has 1 N–H and O–H groups in total. The van der Waals surface area contributed by atoms with E-state index in [4.69, 9.17) is 9.84 Å². The van der Waals surface area contributed by atoms with Crippen molar-refractivity contribution < 1.29 is 23.8 Å². The molecule has 2 aromatic heterocycles. The molecule has 7 nitrogen and oxygen atoms in total. The fourth-order valence-corrected chi connectivity index (χ4v) is 1.52. The first-order chi connectivity index (χ1) is 9.54. The van der Waals surface area contributed by atoms with Gasteiger partial charge in [0.15, 0.2) is 11.6 Å². The summed E-state index contributed by atoms with van der Waals surface area (Å²) in [5.74, 6) is -3.35. The van der Waals surface area contributed by atoms with Crippen LogP contribution in [0.5, 0.6) is 0 Å². The lowest BCUT2D eigenvalue weighted by Gasteiger charge is -2.03. The number of nitrogens with zero attached hydrogens (tertiary/aromatic N) is 3. The number of hydrogen-bond acceptors (Lipinski definition) is 5. The van der Waals surface area contributed by atoms with E-state index in [9.17, 15) is 14.0 Å². The van der Waals surface area contributed by atoms with E-state index in [1.807, 2.05) is 0 Å². The second-order valence-corrected chi connectivity index (χ2v) is 3.70. The van der Waals surface area contributed by atoms with Crippen LogP contribution in [-0.4, -0.2) is 38.4 Å². The number of esters is 1. The molecule has 0 saturated carbocycles. The zero-order valence-electron chi connectivity index (χ0n) is 10.4. The van der Waals surface area contributed by atoms with Gasteiger partial charge in [0.25, 0.3) is 0 Å². The molecule has 0 fully saturated rings. The lowest BCUT2D eigenvalue weighted by atomic mass is 10.2. The molecule has 0 radical (unpaired) electrons. The van der Waals surface area contributed by atoms with E-state index in [0.29, 0.717) is 0 Å². The number of pyridine rings is 1. The molecule has 0 spiro atoms. The zero-order valence-corrected chi connectivity index (χ0v) is 10.4. The number of hydrogen-bond donors (Lipinski definition) is 1. The quantitative estimate of drug-likeness (QED) is 0.847. The highest BCUT2D eigenvalue weighted by molar-refractivity contribution is 5.89. The Morgan fingerprint density at radius 1 is 1.50 bits per heavy atom. The maximum Gasteiger partial charge on any atom is 0.341 e. The second-order valence-electron chi connectivity index (χ2n) is 3.70. The Morgan fingerprint density at radius 2 is 2.25 bits per heavy atom. The van der Waals surface area contributed by atoms with Gasteiger partial charge in [0.1, 0.15) is 5.56 Å². The van der Waals surface area contributed by atoms with E-state index in [0.717, 1.165) is 16.9 Å². The first kappa shape index (κ1) is 13.7. The molecule has 0 aliphatic carbocycles. The molecule has 0 saturated heterocycles. The topological polar surface area (TPSA) is 94.3 Å². The Bertz CT molecular complexity index is 668. The van der Waals surface area contributed by atoms with Gasteiger partial charge in [-0.05, 0) is 13.0 Å². The van der Waals surface area contributed by atoms with E-state index in [1.54, 1.807) is 6.92 Å². The molecule has 0 aliphatic heterocycles. The maximum absolute atomic E-state index is 13.9. The number of aromatic carboxylic acids is 1. The number of carboxylic acid groups (broad SMARTS) is 1. The molecule has 0 atom stereocenters. The van der Waals surface area contributed by atoms with Gasteiger partial charge >= 0.3 is 11.9 Å². The predicted octanol–water partition coefficient (Wildman–Crippen LogP) is 1.28. The van der Waals surface area contributed by atoms with Crippen molar-refractivity contribution in [2.45, 2.75) is 6.92 Å².